The third-order valence-electron chi connectivity index (χ3n) is 18.2. The summed E-state index contributed by atoms with van der Waals surface area (Å²) in [6, 6.07) is 53.2. The molecule has 0 saturated carbocycles. The summed E-state index contributed by atoms with van der Waals surface area (Å²) in [5.74, 6) is 0.733. The molecule has 0 aliphatic carbocycles. The summed E-state index contributed by atoms with van der Waals surface area (Å²) < 4.78 is 98.7. The van der Waals surface area contributed by atoms with Gasteiger partial charge in [-0.3, -0.25) is 29.0 Å². The van der Waals surface area contributed by atoms with Gasteiger partial charge in [-0.15, -0.1) is 0 Å². The van der Waals surface area contributed by atoms with Crippen molar-refractivity contribution in [3.8, 4) is 5.75 Å². The Morgan fingerprint density at radius 1 is 0.462 bits per heavy atom. The number of carbonyl (C=O) groups is 5. The standard InChI is InChI=1S/C27H29BrN4O3.C27H26F3N3O2.C26H25F4N3O/c1-35-22-10-11-24(28)23(18-22)27(34)32-16-14-31(15-17-32)25-12-9-21(19-30-25)26(33)29-13-5-8-20-6-3-2-4-7-20;28-27(29,30)24-9-5-4-8-23(24)26(35)33-16-14-32(15-17-33)25-13-11-21(19-31-25)18-22(34)12-10-20-6-2-1-3-7-20;27-20-10-8-19(9-11-20)4-3-5-21-12-13-22(18-31-21)32-14-16-33(17-15-32)25(34)23-6-1-2-7-24(23)26(28,29)30/h2-4,6-7,9-12,18-19H,5,8,13-17H2,1H3,(H,29,33);1-9,11,13,19H,10,12,14-18H2;1-2,6-13,18H,3-5,14-17H2. The van der Waals surface area contributed by atoms with Crippen LogP contribution in [0.5, 0.6) is 5.75 Å². The van der Waals surface area contributed by atoms with E-state index in [9.17, 15) is 54.7 Å². The number of pyridine rings is 3. The van der Waals surface area contributed by atoms with Gasteiger partial charge >= 0.3 is 12.4 Å². The Hall–Kier alpha value is -10.5. The van der Waals surface area contributed by atoms with Gasteiger partial charge < -0.3 is 39.5 Å². The number of hydrogen-bond donors (Lipinski definition) is 1. The third-order valence-corrected chi connectivity index (χ3v) is 18.9. The molecule has 0 atom stereocenters. The Morgan fingerprint density at radius 2 is 0.942 bits per heavy atom. The van der Waals surface area contributed by atoms with Crippen molar-refractivity contribution in [2.24, 2.45) is 0 Å². The summed E-state index contributed by atoms with van der Waals surface area (Å²) in [5.41, 5.74) is 4.90. The summed E-state index contributed by atoms with van der Waals surface area (Å²) in [7, 11) is 1.59. The molecular weight excluding hydrogens is 1410 g/mol. The quantitative estimate of drug-likeness (QED) is 0.0535. The molecule has 0 spiro atoms. The molecule has 3 aliphatic heterocycles. The van der Waals surface area contributed by atoms with E-state index in [1.807, 2.05) is 101 Å². The number of aryl methyl sites for hydroxylation is 4. The maximum atomic E-state index is 13.3. The predicted octanol–water partition coefficient (Wildman–Crippen LogP) is 14.4. The lowest BCUT2D eigenvalue weighted by Crippen LogP contribution is -2.49. The fourth-order valence-corrected chi connectivity index (χ4v) is 12.8. The number of halogens is 8. The first kappa shape index (κ1) is 76.2. The average Bonchev–Trinajstić information content (AvgIpc) is 0.808. The third kappa shape index (κ3) is 21.6. The fourth-order valence-electron chi connectivity index (χ4n) is 12.4. The van der Waals surface area contributed by atoms with Gasteiger partial charge in [0.2, 0.25) is 0 Å². The van der Waals surface area contributed by atoms with E-state index in [2.05, 4.69) is 58.1 Å². The monoisotopic (exact) mass is 1490 g/mol. The summed E-state index contributed by atoms with van der Waals surface area (Å²) in [6.45, 7) is 6.38. The number of alkyl halides is 6. The first-order valence-corrected chi connectivity index (χ1v) is 35.2. The van der Waals surface area contributed by atoms with E-state index < -0.39 is 35.3 Å². The number of piperazine rings is 3. The smallest absolute Gasteiger partial charge is 0.417 e. The van der Waals surface area contributed by atoms with Crippen LogP contribution in [0.15, 0.2) is 211 Å². The van der Waals surface area contributed by atoms with Crippen molar-refractivity contribution >= 4 is 62.7 Å². The van der Waals surface area contributed by atoms with Crippen LogP contribution >= 0.6 is 15.9 Å². The number of hydrogen-bond acceptors (Lipinski definition) is 12. The SMILES string of the molecule is COc1ccc(Br)c(C(=O)N2CCN(c3ccc(C(=O)NCCCc4ccccc4)cn3)CC2)c1.O=C(CCc1ccccc1)Cc1ccc(N2CCN(C(=O)c3ccccc3C(F)(F)F)CC2)nc1.O=C(c1ccccc1C(F)(F)F)N1CCN(c2ccc(CCCc3ccc(F)cc3)nc2)CC1. The van der Waals surface area contributed by atoms with Crippen LogP contribution in [-0.4, -0.2) is 151 Å². The van der Waals surface area contributed by atoms with Gasteiger partial charge in [-0.1, -0.05) is 103 Å². The van der Waals surface area contributed by atoms with E-state index in [1.165, 1.54) is 63.9 Å². The van der Waals surface area contributed by atoms with Gasteiger partial charge in [-0.2, -0.15) is 26.3 Å². The second-order valence-electron chi connectivity index (χ2n) is 25.2. The lowest BCUT2D eigenvalue weighted by Gasteiger charge is -2.36. The number of aromatic nitrogens is 3. The molecule has 0 radical (unpaired) electrons. The predicted molar refractivity (Wildman–Crippen MR) is 390 cm³/mol. The molecule has 9 aromatic rings. The highest BCUT2D eigenvalue weighted by Gasteiger charge is 2.38. The number of nitrogens with one attached hydrogen (secondary N) is 1. The highest BCUT2D eigenvalue weighted by molar-refractivity contribution is 9.10. The number of Topliss-reactive ketones (excluding diaryl/α,β-unsaturated/α-hetero) is 1. The van der Waals surface area contributed by atoms with E-state index in [-0.39, 0.29) is 34.5 Å². The number of nitrogens with zero attached hydrogens (tertiary/aromatic N) is 9. The molecule has 3 aromatic heterocycles. The van der Waals surface area contributed by atoms with Gasteiger partial charge in [0.25, 0.3) is 23.6 Å². The van der Waals surface area contributed by atoms with Crippen LogP contribution in [0.2, 0.25) is 0 Å². The Labute approximate surface area is 608 Å². The molecule has 24 heteroatoms. The van der Waals surface area contributed by atoms with Gasteiger partial charge in [-0.25, -0.2) is 14.4 Å². The zero-order valence-electron chi connectivity index (χ0n) is 57.5. The maximum Gasteiger partial charge on any atom is 0.417 e. The van der Waals surface area contributed by atoms with Crippen molar-refractivity contribution in [3.63, 3.8) is 0 Å². The Bertz CT molecular complexity index is 4290. The van der Waals surface area contributed by atoms with Crippen molar-refractivity contribution in [2.45, 2.75) is 63.7 Å². The minimum Gasteiger partial charge on any atom is -0.497 e. The second-order valence-corrected chi connectivity index (χ2v) is 26.1. The van der Waals surface area contributed by atoms with E-state index in [4.69, 9.17) is 4.74 Å². The van der Waals surface area contributed by atoms with Gasteiger partial charge in [0.1, 0.15) is 29.0 Å². The molecule has 12 rings (SSSR count). The molecular formula is C80H80BrF7N10O6. The van der Waals surface area contributed by atoms with Gasteiger partial charge in [-0.05, 0) is 162 Å². The van der Waals surface area contributed by atoms with Crippen molar-refractivity contribution in [3.05, 3.63) is 278 Å². The summed E-state index contributed by atoms with van der Waals surface area (Å²) in [4.78, 5) is 87.7. The molecule has 0 bridgehead atoms. The van der Waals surface area contributed by atoms with Crippen LogP contribution in [-0.2, 0) is 49.3 Å². The molecule has 6 heterocycles. The molecule has 3 aliphatic rings. The molecule has 542 valence electrons. The normalized spacial score (nSPS) is 14.0. The highest BCUT2D eigenvalue weighted by Crippen LogP contribution is 2.35. The molecule has 3 fully saturated rings. The van der Waals surface area contributed by atoms with Crippen molar-refractivity contribution in [2.75, 3.05) is 107 Å². The molecule has 104 heavy (non-hydrogen) atoms. The first-order chi connectivity index (χ1) is 50.2. The zero-order chi connectivity index (χ0) is 73.6. The summed E-state index contributed by atoms with van der Waals surface area (Å²) in [5, 5.41) is 2.97. The minimum atomic E-state index is -4.58. The summed E-state index contributed by atoms with van der Waals surface area (Å²) >= 11 is 3.47. The van der Waals surface area contributed by atoms with E-state index in [0.717, 1.165) is 82.6 Å². The number of benzene rings is 6. The zero-order valence-corrected chi connectivity index (χ0v) is 59.1. The Kier molecular flexibility index (Phi) is 26.8. The molecule has 4 amide bonds. The number of amides is 4. The lowest BCUT2D eigenvalue weighted by molar-refractivity contribution is -0.138. The molecule has 16 nitrogen and oxygen atoms in total. The average molecular weight is 1490 g/mol. The Morgan fingerprint density at radius 3 is 1.44 bits per heavy atom. The van der Waals surface area contributed by atoms with Crippen LogP contribution in [0.4, 0.5) is 48.1 Å². The van der Waals surface area contributed by atoms with Crippen molar-refractivity contribution in [1.82, 2.24) is 35.0 Å². The Balaban J connectivity index is 0.000000167. The number of anilines is 3. The number of carbonyl (C=O) groups excluding carboxylic acids is 5. The minimum absolute atomic E-state index is 0.0253. The van der Waals surface area contributed by atoms with Crippen LogP contribution in [0.1, 0.15) is 99.8 Å². The largest absolute Gasteiger partial charge is 0.497 e. The van der Waals surface area contributed by atoms with Crippen LogP contribution < -0.4 is 24.8 Å². The van der Waals surface area contributed by atoms with Crippen LogP contribution in [0.25, 0.3) is 0 Å². The van der Waals surface area contributed by atoms with E-state index >= 15 is 0 Å². The number of ketones is 1. The first-order valence-electron chi connectivity index (χ1n) is 34.4. The molecule has 6 aromatic carbocycles. The fraction of sp³-hybridized carbons (Fsp3) is 0.300. The van der Waals surface area contributed by atoms with Crippen molar-refractivity contribution < 1.29 is 59.4 Å². The van der Waals surface area contributed by atoms with Gasteiger partial charge in [0.05, 0.1) is 52.4 Å². The van der Waals surface area contributed by atoms with Crippen LogP contribution in [0, 0.1) is 5.82 Å². The van der Waals surface area contributed by atoms with Crippen molar-refractivity contribution in [1.29, 1.82) is 0 Å². The molecule has 1 N–H and O–H groups in total. The molecule has 0 unspecified atom stereocenters. The summed E-state index contributed by atoms with van der Waals surface area (Å²) in [6.07, 6.45) is 1.82. The number of methoxy groups -OCH3 is 1. The number of rotatable bonds is 21. The van der Waals surface area contributed by atoms with Gasteiger partial charge in [0, 0.05) is 120 Å². The number of ether oxygens (including phenoxy) is 1. The highest BCUT2D eigenvalue weighted by atomic mass is 79.9. The van der Waals surface area contributed by atoms with E-state index in [0.29, 0.717) is 127 Å². The molecule has 3 saturated heterocycles. The maximum absolute atomic E-state index is 13.3. The van der Waals surface area contributed by atoms with E-state index in [1.54, 1.807) is 50.0 Å². The second kappa shape index (κ2) is 36.6. The topological polar surface area (TPSA) is 165 Å². The van der Waals surface area contributed by atoms with Gasteiger partial charge in [0.15, 0.2) is 0 Å². The lowest BCUT2D eigenvalue weighted by atomic mass is 10.0. The van der Waals surface area contributed by atoms with Crippen LogP contribution in [0.3, 0.4) is 0 Å².